The molecule has 0 aliphatic rings. The number of aliphatic carboxylic acids is 1. The van der Waals surface area contributed by atoms with Gasteiger partial charge in [0.2, 0.25) is 0 Å². The minimum atomic E-state index is -1.05. The second-order valence-electron chi connectivity index (χ2n) is 5.13. The summed E-state index contributed by atoms with van der Waals surface area (Å²) < 4.78 is 1.91. The average Bonchev–Trinajstić information content (AvgIpc) is 3.05. The fourth-order valence-corrected chi connectivity index (χ4v) is 2.14. The molecule has 23 heavy (non-hydrogen) atoms. The van der Waals surface area contributed by atoms with Gasteiger partial charge < -0.3 is 20.3 Å². The second kappa shape index (κ2) is 8.57. The quantitative estimate of drug-likeness (QED) is 0.639. The van der Waals surface area contributed by atoms with Crippen LogP contribution in [0.15, 0.2) is 49.1 Å². The SMILES string of the molecule is O=C(NCCCn1ccnc1)N[C@@H](Cc1ccccc1)C(=O)O. The lowest BCUT2D eigenvalue weighted by atomic mass is 10.1. The molecule has 0 saturated heterocycles. The number of hydrogen-bond acceptors (Lipinski definition) is 3. The summed E-state index contributed by atoms with van der Waals surface area (Å²) in [5.41, 5.74) is 0.861. The number of nitrogens with zero attached hydrogens (tertiary/aromatic N) is 2. The molecule has 2 amide bonds. The van der Waals surface area contributed by atoms with Crippen molar-refractivity contribution in [1.82, 2.24) is 20.2 Å². The number of carboxylic acids is 1. The van der Waals surface area contributed by atoms with E-state index in [4.69, 9.17) is 0 Å². The van der Waals surface area contributed by atoms with Gasteiger partial charge in [0.15, 0.2) is 0 Å². The Labute approximate surface area is 134 Å². The molecule has 0 spiro atoms. The van der Waals surface area contributed by atoms with Gasteiger partial charge in [-0.3, -0.25) is 0 Å². The third-order valence-corrected chi connectivity index (χ3v) is 3.32. The van der Waals surface area contributed by atoms with E-state index in [0.29, 0.717) is 6.54 Å². The molecule has 3 N–H and O–H groups in total. The number of carbonyl (C=O) groups excluding carboxylic acids is 1. The van der Waals surface area contributed by atoms with E-state index in [1.807, 2.05) is 41.1 Å². The van der Waals surface area contributed by atoms with E-state index in [1.54, 1.807) is 12.5 Å². The zero-order chi connectivity index (χ0) is 16.5. The van der Waals surface area contributed by atoms with Gasteiger partial charge in [0.25, 0.3) is 0 Å². The first-order valence-corrected chi connectivity index (χ1v) is 7.42. The van der Waals surface area contributed by atoms with E-state index in [1.165, 1.54) is 0 Å². The largest absolute Gasteiger partial charge is 0.480 e. The van der Waals surface area contributed by atoms with Crippen LogP contribution in [0.25, 0.3) is 0 Å². The zero-order valence-corrected chi connectivity index (χ0v) is 12.7. The van der Waals surface area contributed by atoms with Crippen molar-refractivity contribution < 1.29 is 14.7 Å². The first-order valence-electron chi connectivity index (χ1n) is 7.42. The van der Waals surface area contributed by atoms with Crippen LogP contribution in [0.4, 0.5) is 4.79 Å². The lowest BCUT2D eigenvalue weighted by Gasteiger charge is -2.15. The van der Waals surface area contributed by atoms with Gasteiger partial charge in [-0.15, -0.1) is 0 Å². The van der Waals surface area contributed by atoms with Crippen LogP contribution in [0.5, 0.6) is 0 Å². The highest BCUT2D eigenvalue weighted by Crippen LogP contribution is 2.03. The van der Waals surface area contributed by atoms with Gasteiger partial charge in [-0.2, -0.15) is 0 Å². The summed E-state index contributed by atoms with van der Waals surface area (Å²) in [6.45, 7) is 1.20. The smallest absolute Gasteiger partial charge is 0.326 e. The maximum absolute atomic E-state index is 11.8. The van der Waals surface area contributed by atoms with E-state index in [-0.39, 0.29) is 6.42 Å². The molecule has 2 rings (SSSR count). The molecule has 7 nitrogen and oxygen atoms in total. The highest BCUT2D eigenvalue weighted by Gasteiger charge is 2.19. The Balaban J connectivity index is 1.73. The summed E-state index contributed by atoms with van der Waals surface area (Å²) in [5, 5.41) is 14.4. The van der Waals surface area contributed by atoms with Gasteiger partial charge in [-0.1, -0.05) is 30.3 Å². The fourth-order valence-electron chi connectivity index (χ4n) is 2.14. The second-order valence-corrected chi connectivity index (χ2v) is 5.13. The standard InChI is InChI=1S/C16H20N4O3/c21-15(22)14(11-13-5-2-1-3-6-13)19-16(23)18-7-4-9-20-10-8-17-12-20/h1-3,5-6,8,10,12,14H,4,7,9,11H2,(H,21,22)(H2,18,19,23)/t14-/m0/s1. The summed E-state index contributed by atoms with van der Waals surface area (Å²) in [5.74, 6) is -1.05. The predicted octanol–water partition coefficient (Wildman–Crippen LogP) is 1.27. The molecule has 0 aliphatic carbocycles. The molecule has 2 aromatic rings. The van der Waals surface area contributed by atoms with Gasteiger partial charge in [-0.05, 0) is 12.0 Å². The van der Waals surface area contributed by atoms with Crippen molar-refractivity contribution in [1.29, 1.82) is 0 Å². The molecular weight excluding hydrogens is 296 g/mol. The van der Waals surface area contributed by atoms with Crippen molar-refractivity contribution in [3.63, 3.8) is 0 Å². The first kappa shape index (κ1) is 16.5. The average molecular weight is 316 g/mol. The Morgan fingerprint density at radius 2 is 2.04 bits per heavy atom. The number of aromatic nitrogens is 2. The monoisotopic (exact) mass is 316 g/mol. The van der Waals surface area contributed by atoms with Crippen molar-refractivity contribution >= 4 is 12.0 Å². The fraction of sp³-hybridized carbons (Fsp3) is 0.312. The molecule has 0 unspecified atom stereocenters. The molecule has 0 bridgehead atoms. The predicted molar refractivity (Wildman–Crippen MR) is 84.9 cm³/mol. The van der Waals surface area contributed by atoms with Crippen LogP contribution >= 0.6 is 0 Å². The van der Waals surface area contributed by atoms with E-state index in [2.05, 4.69) is 15.6 Å². The maximum atomic E-state index is 11.8. The highest BCUT2D eigenvalue weighted by atomic mass is 16.4. The van der Waals surface area contributed by atoms with Crippen LogP contribution in [0.2, 0.25) is 0 Å². The number of hydrogen-bond donors (Lipinski definition) is 3. The first-order chi connectivity index (χ1) is 11.1. The van der Waals surface area contributed by atoms with Crippen LogP contribution in [-0.4, -0.2) is 39.2 Å². The third kappa shape index (κ3) is 5.82. The van der Waals surface area contributed by atoms with Gasteiger partial charge >= 0.3 is 12.0 Å². The molecule has 0 fully saturated rings. The van der Waals surface area contributed by atoms with E-state index < -0.39 is 18.0 Å². The maximum Gasteiger partial charge on any atom is 0.326 e. The number of benzene rings is 1. The molecule has 0 radical (unpaired) electrons. The molecular formula is C16H20N4O3. The van der Waals surface area contributed by atoms with Gasteiger partial charge in [0, 0.05) is 31.9 Å². The van der Waals surface area contributed by atoms with Crippen LogP contribution in [0, 0.1) is 0 Å². The minimum Gasteiger partial charge on any atom is -0.480 e. The number of imidazole rings is 1. The van der Waals surface area contributed by atoms with Crippen LogP contribution in [0.3, 0.4) is 0 Å². The summed E-state index contributed by atoms with van der Waals surface area (Å²) >= 11 is 0. The number of aryl methyl sites for hydroxylation is 1. The number of carboxylic acid groups (broad SMARTS) is 1. The van der Waals surface area contributed by atoms with E-state index >= 15 is 0 Å². The van der Waals surface area contributed by atoms with E-state index in [9.17, 15) is 14.7 Å². The summed E-state index contributed by atoms with van der Waals surface area (Å²) in [4.78, 5) is 27.0. The topological polar surface area (TPSA) is 96.3 Å². The normalized spacial score (nSPS) is 11.7. The van der Waals surface area contributed by atoms with Crippen molar-refractivity contribution in [2.24, 2.45) is 0 Å². The van der Waals surface area contributed by atoms with Crippen molar-refractivity contribution in [3.8, 4) is 0 Å². The highest BCUT2D eigenvalue weighted by molar-refractivity contribution is 5.82. The lowest BCUT2D eigenvalue weighted by molar-refractivity contribution is -0.139. The molecule has 1 atom stereocenters. The lowest BCUT2D eigenvalue weighted by Crippen LogP contribution is -2.47. The molecule has 0 saturated carbocycles. The van der Waals surface area contributed by atoms with Gasteiger partial charge in [0.05, 0.1) is 6.33 Å². The molecule has 1 aromatic carbocycles. The Hall–Kier alpha value is -2.83. The van der Waals surface area contributed by atoms with Crippen LogP contribution in [-0.2, 0) is 17.8 Å². The number of nitrogens with one attached hydrogen (secondary N) is 2. The van der Waals surface area contributed by atoms with Crippen molar-refractivity contribution in [3.05, 3.63) is 54.6 Å². The van der Waals surface area contributed by atoms with Crippen molar-refractivity contribution in [2.75, 3.05) is 6.54 Å². The molecule has 0 aliphatic heterocycles. The summed E-state index contributed by atoms with van der Waals surface area (Å²) in [7, 11) is 0. The minimum absolute atomic E-state index is 0.249. The summed E-state index contributed by atoms with van der Waals surface area (Å²) in [6, 6.07) is 7.78. The number of rotatable bonds is 8. The number of urea groups is 1. The van der Waals surface area contributed by atoms with E-state index in [0.717, 1.165) is 18.5 Å². The van der Waals surface area contributed by atoms with Gasteiger partial charge in [-0.25, -0.2) is 14.6 Å². The Morgan fingerprint density at radius 3 is 2.70 bits per heavy atom. The number of amides is 2. The van der Waals surface area contributed by atoms with Crippen LogP contribution < -0.4 is 10.6 Å². The number of carbonyl (C=O) groups is 2. The molecule has 7 heteroatoms. The third-order valence-electron chi connectivity index (χ3n) is 3.32. The Bertz CT molecular complexity index is 614. The molecule has 1 heterocycles. The molecule has 122 valence electrons. The molecule has 1 aromatic heterocycles. The van der Waals surface area contributed by atoms with Gasteiger partial charge in [0.1, 0.15) is 6.04 Å². The van der Waals surface area contributed by atoms with Crippen molar-refractivity contribution in [2.45, 2.75) is 25.4 Å². The Kier molecular flexibility index (Phi) is 6.17. The zero-order valence-electron chi connectivity index (χ0n) is 12.7. The Morgan fingerprint density at radius 1 is 1.26 bits per heavy atom. The summed E-state index contributed by atoms with van der Waals surface area (Å²) in [6.07, 6.45) is 6.24. The van der Waals surface area contributed by atoms with Crippen LogP contribution in [0.1, 0.15) is 12.0 Å².